The Morgan fingerprint density at radius 2 is 1.88 bits per heavy atom. The van der Waals surface area contributed by atoms with Crippen molar-refractivity contribution in [3.8, 4) is 11.1 Å². The molecule has 1 amide bonds. The monoisotopic (exact) mass is 377 g/mol. The minimum absolute atomic E-state index is 0.282. The molecule has 2 aromatic carbocycles. The Morgan fingerprint density at radius 3 is 2.56 bits per heavy atom. The topological polar surface area (TPSA) is 29.5 Å². The number of ether oxygens (including phenoxy) is 1. The van der Waals surface area contributed by atoms with E-state index in [4.69, 9.17) is 27.9 Å². The van der Waals surface area contributed by atoms with E-state index in [0.717, 1.165) is 23.1 Å². The molecule has 25 heavy (non-hydrogen) atoms. The maximum Gasteiger partial charge on any atom is 0.410 e. The quantitative estimate of drug-likeness (QED) is 0.613. The number of hydrogen-bond acceptors (Lipinski definition) is 2. The normalized spacial score (nSPS) is 14.2. The zero-order valence-electron chi connectivity index (χ0n) is 14.6. The van der Waals surface area contributed by atoms with E-state index in [1.165, 1.54) is 5.56 Å². The lowest BCUT2D eigenvalue weighted by Gasteiger charge is -2.32. The van der Waals surface area contributed by atoms with E-state index < -0.39 is 5.60 Å². The maximum atomic E-state index is 12.4. The molecule has 5 heteroatoms. The molecule has 0 atom stereocenters. The van der Waals surface area contributed by atoms with Gasteiger partial charge in [0, 0.05) is 28.7 Å². The molecule has 1 aliphatic heterocycles. The van der Waals surface area contributed by atoms with Gasteiger partial charge in [0.2, 0.25) is 0 Å². The van der Waals surface area contributed by atoms with Crippen LogP contribution >= 0.6 is 23.2 Å². The van der Waals surface area contributed by atoms with Crippen LogP contribution in [0.5, 0.6) is 0 Å². The van der Waals surface area contributed by atoms with Crippen LogP contribution in [0.3, 0.4) is 0 Å². The van der Waals surface area contributed by atoms with E-state index in [9.17, 15) is 4.79 Å². The van der Waals surface area contributed by atoms with Crippen molar-refractivity contribution in [1.82, 2.24) is 4.90 Å². The van der Waals surface area contributed by atoms with E-state index in [0.29, 0.717) is 23.1 Å². The second-order valence-corrected chi connectivity index (χ2v) is 8.06. The van der Waals surface area contributed by atoms with Crippen LogP contribution in [0, 0.1) is 0 Å². The standard InChI is InChI=1S/C20H21Cl2NO2/c1-20(2,3)25-19(24)23-10-9-13-5-4-6-15(17(13)12-23)16-8-7-14(21)11-18(16)22/h4-8,11H,9-10,12H2,1-3H3. The Bertz CT molecular complexity index is 812. The summed E-state index contributed by atoms with van der Waals surface area (Å²) in [6, 6.07) is 11.7. The third kappa shape index (κ3) is 4.10. The van der Waals surface area contributed by atoms with Gasteiger partial charge in [0.1, 0.15) is 5.60 Å². The number of fused-ring (bicyclic) bond motifs is 1. The Kier molecular flexibility index (Phi) is 4.99. The van der Waals surface area contributed by atoms with Gasteiger partial charge in [0.05, 0.1) is 0 Å². The molecule has 2 aromatic rings. The van der Waals surface area contributed by atoms with Gasteiger partial charge in [-0.25, -0.2) is 4.79 Å². The van der Waals surface area contributed by atoms with Gasteiger partial charge in [0.25, 0.3) is 0 Å². The van der Waals surface area contributed by atoms with Gasteiger partial charge in [-0.1, -0.05) is 47.5 Å². The van der Waals surface area contributed by atoms with Crippen LogP contribution in [0.4, 0.5) is 4.79 Å². The highest BCUT2D eigenvalue weighted by Crippen LogP contribution is 2.36. The predicted octanol–water partition coefficient (Wildman–Crippen LogP) is 5.95. The average Bonchev–Trinajstić information content (AvgIpc) is 2.52. The van der Waals surface area contributed by atoms with Gasteiger partial charge in [-0.3, -0.25) is 0 Å². The molecule has 3 rings (SSSR count). The molecule has 0 aromatic heterocycles. The SMILES string of the molecule is CC(C)(C)OC(=O)N1CCc2cccc(-c3ccc(Cl)cc3Cl)c2C1. The Morgan fingerprint density at radius 1 is 1.12 bits per heavy atom. The number of rotatable bonds is 1. The summed E-state index contributed by atoms with van der Waals surface area (Å²) in [4.78, 5) is 14.2. The van der Waals surface area contributed by atoms with Crippen LogP contribution in [-0.4, -0.2) is 23.1 Å². The van der Waals surface area contributed by atoms with Crippen molar-refractivity contribution in [2.45, 2.75) is 39.3 Å². The van der Waals surface area contributed by atoms with Gasteiger partial charge in [-0.15, -0.1) is 0 Å². The zero-order chi connectivity index (χ0) is 18.2. The molecular formula is C20H21Cl2NO2. The highest BCUT2D eigenvalue weighted by atomic mass is 35.5. The molecule has 3 nitrogen and oxygen atoms in total. The minimum Gasteiger partial charge on any atom is -0.444 e. The third-order valence-corrected chi connectivity index (χ3v) is 4.69. The van der Waals surface area contributed by atoms with E-state index in [1.54, 1.807) is 11.0 Å². The first-order valence-electron chi connectivity index (χ1n) is 8.29. The van der Waals surface area contributed by atoms with Crippen molar-refractivity contribution in [1.29, 1.82) is 0 Å². The summed E-state index contributed by atoms with van der Waals surface area (Å²) in [5.74, 6) is 0. The molecule has 132 valence electrons. The van der Waals surface area contributed by atoms with E-state index in [-0.39, 0.29) is 6.09 Å². The smallest absolute Gasteiger partial charge is 0.410 e. The van der Waals surface area contributed by atoms with Crippen LogP contribution in [-0.2, 0) is 17.7 Å². The molecular weight excluding hydrogens is 357 g/mol. The fourth-order valence-electron chi connectivity index (χ4n) is 3.02. The molecule has 0 saturated heterocycles. The Labute approximate surface area is 158 Å². The zero-order valence-corrected chi connectivity index (χ0v) is 16.1. The van der Waals surface area contributed by atoms with Crippen LogP contribution in [0.2, 0.25) is 10.0 Å². The number of carbonyl (C=O) groups is 1. The van der Waals surface area contributed by atoms with Crippen molar-refractivity contribution < 1.29 is 9.53 Å². The van der Waals surface area contributed by atoms with E-state index >= 15 is 0 Å². The van der Waals surface area contributed by atoms with Crippen LogP contribution in [0.15, 0.2) is 36.4 Å². The highest BCUT2D eigenvalue weighted by molar-refractivity contribution is 6.36. The number of carbonyl (C=O) groups excluding carboxylic acids is 1. The first-order valence-corrected chi connectivity index (χ1v) is 9.04. The van der Waals surface area contributed by atoms with Crippen molar-refractivity contribution >= 4 is 29.3 Å². The van der Waals surface area contributed by atoms with Crippen LogP contribution < -0.4 is 0 Å². The van der Waals surface area contributed by atoms with Gasteiger partial charge in [-0.05, 0) is 56.0 Å². The lowest BCUT2D eigenvalue weighted by molar-refractivity contribution is 0.0224. The summed E-state index contributed by atoms with van der Waals surface area (Å²) < 4.78 is 5.52. The summed E-state index contributed by atoms with van der Waals surface area (Å²) >= 11 is 12.4. The molecule has 0 bridgehead atoms. The van der Waals surface area contributed by atoms with Gasteiger partial charge >= 0.3 is 6.09 Å². The van der Waals surface area contributed by atoms with Crippen molar-refractivity contribution in [3.63, 3.8) is 0 Å². The summed E-state index contributed by atoms with van der Waals surface area (Å²) in [5.41, 5.74) is 3.81. The second-order valence-electron chi connectivity index (χ2n) is 7.22. The Hall–Kier alpha value is -1.71. The van der Waals surface area contributed by atoms with Gasteiger partial charge in [-0.2, -0.15) is 0 Å². The molecule has 0 radical (unpaired) electrons. The minimum atomic E-state index is -0.504. The van der Waals surface area contributed by atoms with E-state index in [2.05, 4.69) is 6.07 Å². The van der Waals surface area contributed by atoms with Crippen LogP contribution in [0.1, 0.15) is 31.9 Å². The second kappa shape index (κ2) is 6.89. The van der Waals surface area contributed by atoms with Crippen molar-refractivity contribution in [2.75, 3.05) is 6.54 Å². The summed E-state index contributed by atoms with van der Waals surface area (Å²) in [5, 5.41) is 1.21. The number of nitrogens with zero attached hydrogens (tertiary/aromatic N) is 1. The maximum absolute atomic E-state index is 12.4. The third-order valence-electron chi connectivity index (χ3n) is 4.15. The fraction of sp³-hybridized carbons (Fsp3) is 0.350. The van der Waals surface area contributed by atoms with Gasteiger partial charge < -0.3 is 9.64 Å². The molecule has 0 N–H and O–H groups in total. The van der Waals surface area contributed by atoms with Crippen LogP contribution in [0.25, 0.3) is 11.1 Å². The van der Waals surface area contributed by atoms with E-state index in [1.807, 2.05) is 45.0 Å². The Balaban J connectivity index is 1.95. The lowest BCUT2D eigenvalue weighted by atomic mass is 9.91. The fourth-order valence-corrected chi connectivity index (χ4v) is 3.53. The van der Waals surface area contributed by atoms with Gasteiger partial charge in [0.15, 0.2) is 0 Å². The predicted molar refractivity (Wildman–Crippen MR) is 102 cm³/mol. The highest BCUT2D eigenvalue weighted by Gasteiger charge is 2.27. The first kappa shape index (κ1) is 18.1. The first-order chi connectivity index (χ1) is 11.7. The summed E-state index contributed by atoms with van der Waals surface area (Å²) in [6.45, 7) is 6.80. The van der Waals surface area contributed by atoms with Crippen molar-refractivity contribution in [2.24, 2.45) is 0 Å². The number of halogens is 2. The molecule has 0 spiro atoms. The largest absolute Gasteiger partial charge is 0.444 e. The summed E-state index contributed by atoms with van der Waals surface area (Å²) in [6.07, 6.45) is 0.517. The number of benzene rings is 2. The molecule has 1 aliphatic rings. The molecule has 0 unspecified atom stereocenters. The molecule has 1 heterocycles. The average molecular weight is 378 g/mol. The molecule has 0 saturated carbocycles. The summed E-state index contributed by atoms with van der Waals surface area (Å²) in [7, 11) is 0. The number of hydrogen-bond donors (Lipinski definition) is 0. The lowest BCUT2D eigenvalue weighted by Crippen LogP contribution is -2.40. The number of amides is 1. The van der Waals surface area contributed by atoms with Crippen molar-refractivity contribution in [3.05, 3.63) is 57.6 Å². The molecule has 0 aliphatic carbocycles. The molecule has 0 fully saturated rings.